The number of nitrogens with zero attached hydrogens (tertiary/aromatic N) is 2. The average Bonchev–Trinajstić information content (AvgIpc) is 3.27. The Balaban J connectivity index is 1.63. The van der Waals surface area contributed by atoms with E-state index in [9.17, 15) is 4.79 Å². The number of aryl methyl sites for hydroxylation is 3. The number of nitrogens with one attached hydrogen (secondary N) is 1. The first-order valence-electron chi connectivity index (χ1n) is 8.32. The third-order valence-corrected chi connectivity index (χ3v) is 6.22. The average molecular weight is 388 g/mol. The number of anilines is 1. The maximum Gasteiger partial charge on any atom is 0.206 e. The topological polar surface area (TPSA) is 68.0 Å². The standard InChI is InChI=1S/C19H21N3O2S2/c1-11-8-13(3)16(9-12(11)2)17(23)14(4)25-19-22-21-18(26-19)20-10-15-6-5-7-24-15/h5-9,14H,10H2,1-4H3,(H,20,21)/t14-/m0/s1. The van der Waals surface area contributed by atoms with E-state index in [1.807, 2.05) is 39.0 Å². The molecule has 26 heavy (non-hydrogen) atoms. The zero-order valence-electron chi connectivity index (χ0n) is 15.2. The van der Waals surface area contributed by atoms with Crippen LogP contribution in [-0.4, -0.2) is 21.2 Å². The predicted octanol–water partition coefficient (Wildman–Crippen LogP) is 5.03. The Morgan fingerprint density at radius 3 is 2.73 bits per heavy atom. The summed E-state index contributed by atoms with van der Waals surface area (Å²) in [6.45, 7) is 8.55. The van der Waals surface area contributed by atoms with Crippen LogP contribution in [0, 0.1) is 20.8 Å². The fraction of sp³-hybridized carbons (Fsp3) is 0.316. The normalized spacial score (nSPS) is 12.2. The van der Waals surface area contributed by atoms with Crippen molar-refractivity contribution in [1.82, 2.24) is 10.2 Å². The first kappa shape index (κ1) is 18.7. The molecule has 2 aromatic heterocycles. The number of rotatable bonds is 7. The minimum absolute atomic E-state index is 0.121. The Kier molecular flexibility index (Phi) is 5.78. The number of aromatic nitrogens is 2. The van der Waals surface area contributed by atoms with E-state index in [2.05, 4.69) is 28.5 Å². The van der Waals surface area contributed by atoms with Gasteiger partial charge in [-0.1, -0.05) is 29.2 Å². The van der Waals surface area contributed by atoms with Crippen LogP contribution in [0.5, 0.6) is 0 Å². The van der Waals surface area contributed by atoms with Gasteiger partial charge in [-0.25, -0.2) is 0 Å². The summed E-state index contributed by atoms with van der Waals surface area (Å²) in [6.07, 6.45) is 1.64. The van der Waals surface area contributed by atoms with Crippen molar-refractivity contribution in [3.63, 3.8) is 0 Å². The first-order valence-corrected chi connectivity index (χ1v) is 10.0. The molecule has 0 amide bonds. The van der Waals surface area contributed by atoms with Crippen LogP contribution in [0.2, 0.25) is 0 Å². The fourth-order valence-electron chi connectivity index (χ4n) is 2.55. The lowest BCUT2D eigenvalue weighted by Gasteiger charge is -2.12. The molecule has 0 radical (unpaired) electrons. The molecule has 3 aromatic rings. The molecule has 5 nitrogen and oxygen atoms in total. The van der Waals surface area contributed by atoms with Crippen LogP contribution < -0.4 is 5.32 Å². The van der Waals surface area contributed by atoms with Gasteiger partial charge in [-0.2, -0.15) is 0 Å². The van der Waals surface area contributed by atoms with Crippen LogP contribution in [0.1, 0.15) is 39.7 Å². The van der Waals surface area contributed by atoms with Gasteiger partial charge < -0.3 is 9.73 Å². The summed E-state index contributed by atoms with van der Waals surface area (Å²) in [7, 11) is 0. The van der Waals surface area contributed by atoms with E-state index >= 15 is 0 Å². The van der Waals surface area contributed by atoms with Crippen molar-refractivity contribution < 1.29 is 9.21 Å². The second-order valence-electron chi connectivity index (χ2n) is 6.18. The number of Topliss-reactive ketones (excluding diaryl/α,β-unsaturated/α-hetero) is 1. The van der Waals surface area contributed by atoms with Gasteiger partial charge in [0.2, 0.25) is 5.13 Å². The minimum atomic E-state index is -0.221. The van der Waals surface area contributed by atoms with E-state index in [0.717, 1.165) is 26.8 Å². The monoisotopic (exact) mass is 387 g/mol. The van der Waals surface area contributed by atoms with E-state index in [0.29, 0.717) is 11.7 Å². The highest BCUT2D eigenvalue weighted by Crippen LogP contribution is 2.31. The molecule has 3 rings (SSSR count). The van der Waals surface area contributed by atoms with Crippen molar-refractivity contribution in [3.8, 4) is 0 Å². The van der Waals surface area contributed by atoms with Gasteiger partial charge in [0, 0.05) is 5.56 Å². The second-order valence-corrected chi connectivity index (χ2v) is 8.75. The molecule has 0 saturated carbocycles. The Bertz CT molecular complexity index is 904. The smallest absolute Gasteiger partial charge is 0.206 e. The Labute approximate surface area is 161 Å². The van der Waals surface area contributed by atoms with Gasteiger partial charge in [0.25, 0.3) is 0 Å². The molecule has 0 saturated heterocycles. The number of thioether (sulfide) groups is 1. The number of carbonyl (C=O) groups excluding carboxylic acids is 1. The highest BCUT2D eigenvalue weighted by Gasteiger charge is 2.21. The van der Waals surface area contributed by atoms with Crippen molar-refractivity contribution in [2.45, 2.75) is 43.8 Å². The van der Waals surface area contributed by atoms with Gasteiger partial charge in [0.1, 0.15) is 5.76 Å². The van der Waals surface area contributed by atoms with Crippen LogP contribution in [0.4, 0.5) is 5.13 Å². The third-order valence-electron chi connectivity index (χ3n) is 4.15. The number of hydrogen-bond acceptors (Lipinski definition) is 7. The van der Waals surface area contributed by atoms with Crippen molar-refractivity contribution in [3.05, 3.63) is 58.5 Å². The van der Waals surface area contributed by atoms with Crippen LogP contribution in [0.15, 0.2) is 39.3 Å². The molecule has 1 aromatic carbocycles. The number of furan rings is 1. The molecule has 0 aliphatic carbocycles. The number of hydrogen-bond donors (Lipinski definition) is 1. The lowest BCUT2D eigenvalue weighted by molar-refractivity contribution is 0.0993. The molecule has 0 aliphatic heterocycles. The molecule has 1 atom stereocenters. The Morgan fingerprint density at radius 1 is 1.23 bits per heavy atom. The van der Waals surface area contributed by atoms with Crippen molar-refractivity contribution in [1.29, 1.82) is 0 Å². The van der Waals surface area contributed by atoms with Crippen molar-refractivity contribution >= 4 is 34.0 Å². The quantitative estimate of drug-likeness (QED) is 0.453. The van der Waals surface area contributed by atoms with Crippen LogP contribution in [-0.2, 0) is 6.54 Å². The number of ketones is 1. The maximum atomic E-state index is 12.8. The summed E-state index contributed by atoms with van der Waals surface area (Å²) in [5.41, 5.74) is 4.14. The molecule has 1 N–H and O–H groups in total. The van der Waals surface area contributed by atoms with Gasteiger partial charge >= 0.3 is 0 Å². The fourth-order valence-corrected chi connectivity index (χ4v) is 4.51. The summed E-state index contributed by atoms with van der Waals surface area (Å²) in [6, 6.07) is 7.80. The Hall–Kier alpha value is -2.12. The van der Waals surface area contributed by atoms with Gasteiger partial charge in [-0.05, 0) is 62.6 Å². The molecule has 0 spiro atoms. The van der Waals surface area contributed by atoms with Crippen molar-refractivity contribution in [2.24, 2.45) is 0 Å². The van der Waals surface area contributed by atoms with Crippen LogP contribution in [0.3, 0.4) is 0 Å². The SMILES string of the molecule is Cc1cc(C)c(C(=O)[C@H](C)Sc2nnc(NCc3ccco3)s2)cc1C. The summed E-state index contributed by atoms with van der Waals surface area (Å²) in [5, 5.41) is 12.0. The third kappa shape index (κ3) is 4.34. The molecular weight excluding hydrogens is 366 g/mol. The molecule has 2 heterocycles. The minimum Gasteiger partial charge on any atom is -0.467 e. The van der Waals surface area contributed by atoms with E-state index in [1.54, 1.807) is 6.26 Å². The van der Waals surface area contributed by atoms with E-state index in [4.69, 9.17) is 4.42 Å². The van der Waals surface area contributed by atoms with E-state index < -0.39 is 0 Å². The molecule has 0 fully saturated rings. The van der Waals surface area contributed by atoms with Gasteiger partial charge in [0.15, 0.2) is 10.1 Å². The highest BCUT2D eigenvalue weighted by molar-refractivity contribution is 8.02. The van der Waals surface area contributed by atoms with Crippen LogP contribution >= 0.6 is 23.1 Å². The van der Waals surface area contributed by atoms with Gasteiger partial charge in [-0.3, -0.25) is 4.79 Å². The maximum absolute atomic E-state index is 12.8. The van der Waals surface area contributed by atoms with Crippen LogP contribution in [0.25, 0.3) is 0 Å². The van der Waals surface area contributed by atoms with E-state index in [1.165, 1.54) is 28.7 Å². The van der Waals surface area contributed by atoms with Crippen molar-refractivity contribution in [2.75, 3.05) is 5.32 Å². The summed E-state index contributed by atoms with van der Waals surface area (Å²) >= 11 is 2.88. The lowest BCUT2D eigenvalue weighted by atomic mass is 9.97. The molecule has 136 valence electrons. The first-order chi connectivity index (χ1) is 12.4. The predicted molar refractivity (Wildman–Crippen MR) is 106 cm³/mol. The number of carbonyl (C=O) groups is 1. The highest BCUT2D eigenvalue weighted by atomic mass is 32.2. The zero-order valence-corrected chi connectivity index (χ0v) is 16.8. The molecule has 7 heteroatoms. The number of benzene rings is 1. The molecular formula is C19H21N3O2S2. The molecule has 0 aliphatic rings. The zero-order chi connectivity index (χ0) is 18.7. The lowest BCUT2D eigenvalue weighted by Crippen LogP contribution is -2.15. The largest absolute Gasteiger partial charge is 0.467 e. The van der Waals surface area contributed by atoms with Gasteiger partial charge in [0.05, 0.1) is 18.1 Å². The summed E-state index contributed by atoms with van der Waals surface area (Å²) < 4.78 is 6.05. The Morgan fingerprint density at radius 2 is 2.00 bits per heavy atom. The summed E-state index contributed by atoms with van der Waals surface area (Å²) in [5.74, 6) is 0.957. The molecule has 0 unspecified atom stereocenters. The van der Waals surface area contributed by atoms with Gasteiger partial charge in [-0.15, -0.1) is 10.2 Å². The second kappa shape index (κ2) is 8.05. The summed E-state index contributed by atoms with van der Waals surface area (Å²) in [4.78, 5) is 12.8. The van der Waals surface area contributed by atoms with E-state index in [-0.39, 0.29) is 11.0 Å². The molecule has 0 bridgehead atoms.